The average Bonchev–Trinajstić information content (AvgIpc) is 3.31. The molecule has 0 amide bonds. The molecule has 0 spiro atoms. The first kappa shape index (κ1) is 26.1. The topological polar surface area (TPSA) is 125 Å². The van der Waals surface area contributed by atoms with Gasteiger partial charge < -0.3 is 14.3 Å². The zero-order valence-electron chi connectivity index (χ0n) is 21.1. The number of rotatable bonds is 13. The third-order valence-corrected chi connectivity index (χ3v) is 6.31. The number of ether oxygens (including phenoxy) is 1. The second-order valence-electron chi connectivity index (χ2n) is 9.63. The molecule has 1 atom stereocenters. The maximum Gasteiger partial charge on any atom is 0.307 e. The Labute approximate surface area is 214 Å². The van der Waals surface area contributed by atoms with E-state index in [1.807, 2.05) is 6.07 Å². The Bertz CT molecular complexity index is 1460. The van der Waals surface area contributed by atoms with Crippen molar-refractivity contribution < 1.29 is 23.8 Å². The van der Waals surface area contributed by atoms with Gasteiger partial charge in [-0.1, -0.05) is 37.6 Å². The van der Waals surface area contributed by atoms with Gasteiger partial charge in [-0.25, -0.2) is 4.68 Å². The second-order valence-corrected chi connectivity index (χ2v) is 9.63. The van der Waals surface area contributed by atoms with E-state index in [1.54, 1.807) is 42.5 Å². The molecule has 4 rings (SSSR count). The molecule has 9 heteroatoms. The Hall–Kier alpha value is -4.01. The molecule has 2 aromatic heterocycles. The van der Waals surface area contributed by atoms with Crippen LogP contribution in [0.3, 0.4) is 0 Å². The molecule has 2 aromatic carbocycles. The number of ketones is 1. The van der Waals surface area contributed by atoms with Crippen molar-refractivity contribution in [3.63, 3.8) is 0 Å². The Morgan fingerprint density at radius 1 is 1.08 bits per heavy atom. The molecule has 0 radical (unpaired) electrons. The summed E-state index contributed by atoms with van der Waals surface area (Å²) in [7, 11) is 0. The van der Waals surface area contributed by atoms with Crippen LogP contribution in [0.5, 0.6) is 5.75 Å². The van der Waals surface area contributed by atoms with Crippen LogP contribution in [-0.4, -0.2) is 38.5 Å². The van der Waals surface area contributed by atoms with E-state index in [-0.39, 0.29) is 30.7 Å². The summed E-state index contributed by atoms with van der Waals surface area (Å²) < 4.78 is 12.7. The Kier molecular flexibility index (Phi) is 8.32. The van der Waals surface area contributed by atoms with E-state index < -0.39 is 17.7 Å². The first-order chi connectivity index (χ1) is 17.8. The maximum atomic E-state index is 12.9. The van der Waals surface area contributed by atoms with Gasteiger partial charge in [-0.3, -0.25) is 14.4 Å². The number of aromatic nitrogens is 3. The summed E-state index contributed by atoms with van der Waals surface area (Å²) in [6.45, 7) is 5.05. The lowest BCUT2D eigenvalue weighted by Crippen LogP contribution is -2.27. The largest absolute Gasteiger partial charge is 0.494 e. The van der Waals surface area contributed by atoms with Gasteiger partial charge in [0.25, 0.3) is 5.56 Å². The number of Topliss-reactive ketones (excluding diaryl/α,β-unsaturated/α-hetero) is 1. The van der Waals surface area contributed by atoms with E-state index in [1.165, 1.54) is 6.42 Å². The number of aryl methyl sites for hydroxylation is 1. The summed E-state index contributed by atoms with van der Waals surface area (Å²) in [6.07, 6.45) is 3.03. The van der Waals surface area contributed by atoms with Crippen LogP contribution in [0.1, 0.15) is 56.5 Å². The van der Waals surface area contributed by atoms with Crippen LogP contribution in [0.4, 0.5) is 0 Å². The predicted molar refractivity (Wildman–Crippen MR) is 139 cm³/mol. The van der Waals surface area contributed by atoms with Gasteiger partial charge in [0, 0.05) is 18.4 Å². The van der Waals surface area contributed by atoms with Crippen molar-refractivity contribution in [3.05, 3.63) is 64.6 Å². The molecular formula is C28H31N3O6. The highest BCUT2D eigenvalue weighted by Crippen LogP contribution is 2.26. The second kappa shape index (κ2) is 11.8. The smallest absolute Gasteiger partial charge is 0.307 e. The zero-order valence-corrected chi connectivity index (χ0v) is 21.1. The monoisotopic (exact) mass is 505 g/mol. The molecule has 37 heavy (non-hydrogen) atoms. The number of benzene rings is 2. The number of fused-ring (bicyclic) bond motifs is 2. The Morgan fingerprint density at radius 3 is 2.68 bits per heavy atom. The molecule has 9 nitrogen and oxygen atoms in total. The highest BCUT2D eigenvalue weighted by molar-refractivity contribution is 5.99. The Morgan fingerprint density at radius 2 is 1.89 bits per heavy atom. The molecule has 2 heterocycles. The third-order valence-electron chi connectivity index (χ3n) is 6.31. The molecule has 0 fully saturated rings. The van der Waals surface area contributed by atoms with E-state index in [9.17, 15) is 19.5 Å². The standard InChI is InChI=1S/C28H31N3O6/c1-18(2)7-5-6-14-36-21-10-11-25-20(15-21)17-26(37-25)24(32)16-19(28(34)35)12-13-31-27(33)22-8-3-4-9-23(22)29-30-31/h3-4,8-11,15,17-19H,5-7,12-14,16H2,1-2H3,(H,34,35). The molecule has 0 saturated heterocycles. The number of nitrogens with zero attached hydrogens (tertiary/aromatic N) is 3. The van der Waals surface area contributed by atoms with Crippen molar-refractivity contribution in [2.75, 3.05) is 6.61 Å². The minimum Gasteiger partial charge on any atom is -0.494 e. The number of carbonyl (C=O) groups excluding carboxylic acids is 1. The lowest BCUT2D eigenvalue weighted by atomic mass is 9.98. The van der Waals surface area contributed by atoms with Crippen molar-refractivity contribution in [1.82, 2.24) is 15.0 Å². The highest BCUT2D eigenvalue weighted by atomic mass is 16.5. The van der Waals surface area contributed by atoms with Gasteiger partial charge >= 0.3 is 5.97 Å². The number of unbranched alkanes of at least 4 members (excludes halogenated alkanes) is 1. The number of furan rings is 1. The molecule has 1 unspecified atom stereocenters. The molecule has 0 aliphatic rings. The van der Waals surface area contributed by atoms with Gasteiger partial charge in [-0.15, -0.1) is 5.10 Å². The number of aliphatic carboxylic acids is 1. The quantitative estimate of drug-likeness (QED) is 0.196. The van der Waals surface area contributed by atoms with E-state index >= 15 is 0 Å². The normalized spacial score (nSPS) is 12.3. The molecule has 0 saturated carbocycles. The molecule has 0 bridgehead atoms. The van der Waals surface area contributed by atoms with E-state index in [0.717, 1.165) is 17.5 Å². The van der Waals surface area contributed by atoms with Gasteiger partial charge in [0.1, 0.15) is 16.8 Å². The first-order valence-electron chi connectivity index (χ1n) is 12.6. The molecule has 4 aromatic rings. The highest BCUT2D eigenvalue weighted by Gasteiger charge is 2.24. The van der Waals surface area contributed by atoms with Crippen LogP contribution in [0.2, 0.25) is 0 Å². The van der Waals surface area contributed by atoms with Crippen LogP contribution in [-0.2, 0) is 11.3 Å². The summed E-state index contributed by atoms with van der Waals surface area (Å²) in [5, 5.41) is 18.7. The van der Waals surface area contributed by atoms with Crippen LogP contribution < -0.4 is 10.3 Å². The van der Waals surface area contributed by atoms with Gasteiger partial charge in [0.05, 0.1) is 17.9 Å². The number of carbonyl (C=O) groups is 2. The van der Waals surface area contributed by atoms with Gasteiger partial charge in [0.15, 0.2) is 11.5 Å². The summed E-state index contributed by atoms with van der Waals surface area (Å²) in [6, 6.07) is 13.8. The number of hydrogen-bond acceptors (Lipinski definition) is 7. The predicted octanol–water partition coefficient (Wildman–Crippen LogP) is 5.11. The fraction of sp³-hybridized carbons (Fsp3) is 0.393. The number of carboxylic acid groups (broad SMARTS) is 1. The maximum absolute atomic E-state index is 12.9. The van der Waals surface area contributed by atoms with Crippen molar-refractivity contribution in [2.45, 2.75) is 52.5 Å². The van der Waals surface area contributed by atoms with Gasteiger partial charge in [-0.05, 0) is 61.6 Å². The van der Waals surface area contributed by atoms with Crippen molar-refractivity contribution in [3.8, 4) is 5.75 Å². The minimum atomic E-state index is -1.13. The SMILES string of the molecule is CC(C)CCCCOc1ccc2oc(C(=O)CC(CCn3nnc4ccccc4c3=O)C(=O)O)cc2c1. The molecule has 0 aliphatic carbocycles. The minimum absolute atomic E-state index is 0.0267. The zero-order chi connectivity index (χ0) is 26.4. The number of hydrogen-bond donors (Lipinski definition) is 1. The van der Waals surface area contributed by atoms with Crippen molar-refractivity contribution in [2.24, 2.45) is 11.8 Å². The summed E-state index contributed by atoms with van der Waals surface area (Å²) in [5.74, 6) is -1.09. The summed E-state index contributed by atoms with van der Waals surface area (Å²) in [4.78, 5) is 37.4. The van der Waals surface area contributed by atoms with Crippen LogP contribution in [0.25, 0.3) is 21.9 Å². The van der Waals surface area contributed by atoms with Crippen molar-refractivity contribution >= 4 is 33.6 Å². The van der Waals surface area contributed by atoms with Crippen LogP contribution in [0, 0.1) is 11.8 Å². The fourth-order valence-corrected chi connectivity index (χ4v) is 4.18. The van der Waals surface area contributed by atoms with Gasteiger partial charge in [-0.2, -0.15) is 0 Å². The van der Waals surface area contributed by atoms with E-state index in [0.29, 0.717) is 40.1 Å². The van der Waals surface area contributed by atoms with Crippen molar-refractivity contribution in [1.29, 1.82) is 0 Å². The van der Waals surface area contributed by atoms with E-state index in [2.05, 4.69) is 24.2 Å². The van der Waals surface area contributed by atoms with Crippen LogP contribution in [0.15, 0.2) is 57.7 Å². The van der Waals surface area contributed by atoms with Gasteiger partial charge in [0.2, 0.25) is 0 Å². The molecule has 0 aliphatic heterocycles. The fourth-order valence-electron chi connectivity index (χ4n) is 4.18. The molecular weight excluding hydrogens is 474 g/mol. The average molecular weight is 506 g/mol. The molecule has 194 valence electrons. The lowest BCUT2D eigenvalue weighted by molar-refractivity contribution is -0.142. The summed E-state index contributed by atoms with van der Waals surface area (Å²) in [5.41, 5.74) is 0.648. The summed E-state index contributed by atoms with van der Waals surface area (Å²) >= 11 is 0. The van der Waals surface area contributed by atoms with E-state index in [4.69, 9.17) is 9.15 Å². The third kappa shape index (κ3) is 6.61. The Balaban J connectivity index is 1.38. The molecule has 1 N–H and O–H groups in total. The lowest BCUT2D eigenvalue weighted by Gasteiger charge is -2.11. The number of carboxylic acids is 1. The van der Waals surface area contributed by atoms with Crippen LogP contribution >= 0.6 is 0 Å². The first-order valence-corrected chi connectivity index (χ1v) is 12.6.